The molecule has 0 bridgehead atoms. The lowest BCUT2D eigenvalue weighted by molar-refractivity contribution is -0.109. The molecular formula is C10H18N5O14P3. The van der Waals surface area contributed by atoms with Crippen LogP contribution < -0.4 is 11.3 Å². The largest absolute Gasteiger partial charge is 0.490 e. The number of phosphoric acid groups is 3. The Bertz CT molecular complexity index is 1140. The van der Waals surface area contributed by atoms with Gasteiger partial charge in [-0.1, -0.05) is 0 Å². The van der Waals surface area contributed by atoms with Gasteiger partial charge in [0.15, 0.2) is 17.4 Å². The van der Waals surface area contributed by atoms with Crippen LogP contribution in [0.5, 0.6) is 0 Å². The first kappa shape index (κ1) is 26.7. The Morgan fingerprint density at radius 2 is 1.75 bits per heavy atom. The molecule has 0 amide bonds. The minimum atomic E-state index is -5.72. The summed E-state index contributed by atoms with van der Waals surface area (Å²) in [5, 5.41) is 19.0. The lowest BCUT2D eigenvalue weighted by Gasteiger charge is -2.24. The van der Waals surface area contributed by atoms with Gasteiger partial charge in [-0.2, -0.15) is 13.6 Å². The van der Waals surface area contributed by atoms with Gasteiger partial charge in [0.1, 0.15) is 6.10 Å². The molecule has 0 saturated heterocycles. The van der Waals surface area contributed by atoms with Gasteiger partial charge >= 0.3 is 23.5 Å². The normalized spacial score (nSPS) is 18.2. The van der Waals surface area contributed by atoms with E-state index in [0.29, 0.717) is 0 Å². The summed E-state index contributed by atoms with van der Waals surface area (Å²) in [6, 6.07) is 0. The van der Waals surface area contributed by atoms with Gasteiger partial charge < -0.3 is 40.3 Å². The number of aliphatic hydroxyl groups is 2. The number of rotatable bonds is 12. The zero-order valence-electron chi connectivity index (χ0n) is 15.6. The summed E-state index contributed by atoms with van der Waals surface area (Å²) >= 11 is 0. The van der Waals surface area contributed by atoms with Crippen LogP contribution in [0.3, 0.4) is 0 Å². The number of nitrogens with two attached hydrogens (primary N) is 1. The summed E-state index contributed by atoms with van der Waals surface area (Å²) in [5.74, 6) is -0.271. The average molecular weight is 525 g/mol. The summed E-state index contributed by atoms with van der Waals surface area (Å²) in [4.78, 5) is 57.2. The van der Waals surface area contributed by atoms with Crippen LogP contribution in [-0.2, 0) is 31.6 Å². The number of H-pyrrole nitrogens is 1. The van der Waals surface area contributed by atoms with E-state index in [1.165, 1.54) is 0 Å². The highest BCUT2D eigenvalue weighted by molar-refractivity contribution is 7.66. The number of nitrogens with zero attached hydrogens (tertiary/aromatic N) is 3. The number of aliphatic hydroxyl groups excluding tert-OH is 2. The number of ether oxygens (including phenoxy) is 1. The van der Waals surface area contributed by atoms with Crippen molar-refractivity contribution < 1.29 is 61.4 Å². The van der Waals surface area contributed by atoms with Crippen molar-refractivity contribution in [1.29, 1.82) is 0 Å². The van der Waals surface area contributed by atoms with E-state index in [-0.39, 0.29) is 17.1 Å². The van der Waals surface area contributed by atoms with Gasteiger partial charge in [0, 0.05) is 0 Å². The Kier molecular flexibility index (Phi) is 8.46. The first-order valence-corrected chi connectivity index (χ1v) is 12.6. The Hall–Kier alpha value is -1.56. The number of phosphoric ester groups is 1. The predicted molar refractivity (Wildman–Crippen MR) is 100 cm³/mol. The third-order valence-electron chi connectivity index (χ3n) is 3.31. The summed E-state index contributed by atoms with van der Waals surface area (Å²) < 4.78 is 51.5. The maximum absolute atomic E-state index is 11.8. The molecule has 32 heavy (non-hydrogen) atoms. The fourth-order valence-corrected chi connectivity index (χ4v) is 5.24. The number of fused-ring (bicyclic) bond motifs is 1. The number of hydrogen-bond donors (Lipinski definition) is 8. The second kappa shape index (κ2) is 10.1. The van der Waals surface area contributed by atoms with E-state index in [9.17, 15) is 33.6 Å². The molecule has 0 saturated carbocycles. The summed E-state index contributed by atoms with van der Waals surface area (Å²) in [5.41, 5.74) is 4.51. The zero-order valence-corrected chi connectivity index (χ0v) is 18.2. The molecule has 182 valence electrons. The highest BCUT2D eigenvalue weighted by Crippen LogP contribution is 2.66. The number of anilines is 1. The Morgan fingerprint density at radius 1 is 1.09 bits per heavy atom. The van der Waals surface area contributed by atoms with Gasteiger partial charge in [-0.15, -0.1) is 0 Å². The molecule has 0 radical (unpaired) electrons. The number of aromatic amines is 1. The van der Waals surface area contributed by atoms with E-state index in [1.807, 2.05) is 0 Å². The zero-order chi connectivity index (χ0) is 24.3. The van der Waals surface area contributed by atoms with E-state index in [1.54, 1.807) is 0 Å². The van der Waals surface area contributed by atoms with Gasteiger partial charge in [0.2, 0.25) is 5.95 Å². The average Bonchev–Trinajstić information content (AvgIpc) is 3.03. The van der Waals surface area contributed by atoms with Gasteiger partial charge in [0.25, 0.3) is 5.56 Å². The van der Waals surface area contributed by atoms with Crippen molar-refractivity contribution in [3.8, 4) is 0 Å². The quantitative estimate of drug-likeness (QED) is 0.138. The van der Waals surface area contributed by atoms with E-state index in [0.717, 1.165) is 10.9 Å². The number of hydrogen-bond acceptors (Lipinski definition) is 13. The molecule has 0 spiro atoms. The van der Waals surface area contributed by atoms with Crippen molar-refractivity contribution in [2.45, 2.75) is 12.3 Å². The lowest BCUT2D eigenvalue weighted by atomic mass is 10.4. The molecule has 9 N–H and O–H groups in total. The SMILES string of the molecule is Nc1nc2c(ncn2[C@@H](CO)O[C@H](CO)COP(=O)(O)OP(=O)(O)OP(=O)(O)O)c(=O)[nH]1. The fourth-order valence-electron chi connectivity index (χ4n) is 2.19. The molecule has 2 unspecified atom stereocenters. The molecule has 2 rings (SSSR count). The van der Waals surface area contributed by atoms with Crippen molar-refractivity contribution in [3.05, 3.63) is 16.7 Å². The first-order chi connectivity index (χ1) is 14.7. The van der Waals surface area contributed by atoms with Crippen molar-refractivity contribution in [1.82, 2.24) is 19.5 Å². The topological polar surface area (TPSA) is 299 Å². The molecule has 19 nitrogen and oxygen atoms in total. The van der Waals surface area contributed by atoms with E-state index >= 15 is 0 Å². The van der Waals surface area contributed by atoms with Crippen LogP contribution in [0.4, 0.5) is 5.95 Å². The maximum Gasteiger partial charge on any atom is 0.490 e. The van der Waals surface area contributed by atoms with E-state index in [2.05, 4.69) is 28.1 Å². The van der Waals surface area contributed by atoms with Gasteiger partial charge in [-0.25, -0.2) is 18.7 Å². The highest BCUT2D eigenvalue weighted by Gasteiger charge is 2.41. The Balaban J connectivity index is 2.11. The molecule has 2 aromatic heterocycles. The third kappa shape index (κ3) is 7.50. The van der Waals surface area contributed by atoms with Crippen LogP contribution in [0.2, 0.25) is 0 Å². The molecule has 0 aliphatic carbocycles. The number of aromatic nitrogens is 4. The number of imidazole rings is 1. The van der Waals surface area contributed by atoms with Gasteiger partial charge in [-0.3, -0.25) is 18.9 Å². The van der Waals surface area contributed by atoms with Crippen molar-refractivity contribution >= 4 is 40.6 Å². The van der Waals surface area contributed by atoms with Crippen molar-refractivity contribution in [2.24, 2.45) is 0 Å². The smallest absolute Gasteiger partial charge is 0.394 e. The molecule has 4 atom stereocenters. The third-order valence-corrected chi connectivity index (χ3v) is 7.11. The van der Waals surface area contributed by atoms with Crippen LogP contribution in [0.25, 0.3) is 11.2 Å². The van der Waals surface area contributed by atoms with E-state index < -0.39 is 61.2 Å². The minimum Gasteiger partial charge on any atom is -0.394 e. The first-order valence-electron chi connectivity index (χ1n) is 8.04. The minimum absolute atomic E-state index is 0.102. The highest BCUT2D eigenvalue weighted by atomic mass is 31.3. The molecule has 0 aromatic carbocycles. The maximum atomic E-state index is 11.8. The molecule has 0 aliphatic heterocycles. The van der Waals surface area contributed by atoms with E-state index in [4.69, 9.17) is 25.2 Å². The Labute approximate surface area is 176 Å². The van der Waals surface area contributed by atoms with Crippen LogP contribution in [0, 0.1) is 0 Å². The summed E-state index contributed by atoms with van der Waals surface area (Å²) in [6.45, 7) is -2.64. The summed E-state index contributed by atoms with van der Waals surface area (Å²) in [6.07, 6.45) is -1.78. The fraction of sp³-hybridized carbons (Fsp3) is 0.500. The van der Waals surface area contributed by atoms with Crippen LogP contribution in [0.1, 0.15) is 6.23 Å². The van der Waals surface area contributed by atoms with Crippen LogP contribution in [-0.4, -0.2) is 75.2 Å². The monoisotopic (exact) mass is 525 g/mol. The van der Waals surface area contributed by atoms with Crippen molar-refractivity contribution in [2.75, 3.05) is 25.6 Å². The second-order valence-corrected chi connectivity index (χ2v) is 10.2. The van der Waals surface area contributed by atoms with Gasteiger partial charge in [-0.05, 0) is 0 Å². The summed E-state index contributed by atoms with van der Waals surface area (Å²) in [7, 11) is -16.7. The van der Waals surface area contributed by atoms with Crippen LogP contribution >= 0.6 is 23.5 Å². The molecule has 2 aromatic rings. The standard InChI is InChI=1S/C10H18N5O14P3/c11-10-13-8-7(9(18)14-10)12-4-15(8)6(2-17)27-5(1-16)3-26-31(22,23)29-32(24,25)28-30(19,20)21/h4-6,16-17H,1-3H2,(H,22,23)(H,24,25)(H2,19,20,21)(H3,11,13,14,18)/t5-,6-/m1/s1. The van der Waals surface area contributed by atoms with Gasteiger partial charge in [0.05, 0.1) is 26.1 Å². The molecular weight excluding hydrogens is 507 g/mol. The second-order valence-electron chi connectivity index (χ2n) is 5.74. The Morgan fingerprint density at radius 3 is 2.31 bits per heavy atom. The predicted octanol–water partition coefficient (Wildman–Crippen LogP) is -2.09. The van der Waals surface area contributed by atoms with Crippen LogP contribution in [0.15, 0.2) is 11.1 Å². The molecule has 2 heterocycles. The number of nitrogens with one attached hydrogen (secondary N) is 1. The lowest BCUT2D eigenvalue weighted by Crippen LogP contribution is -2.30. The molecule has 0 fully saturated rings. The molecule has 22 heteroatoms. The molecule has 0 aliphatic rings. The number of nitrogen functional groups attached to an aromatic ring is 1. The van der Waals surface area contributed by atoms with Crippen molar-refractivity contribution in [3.63, 3.8) is 0 Å².